The smallest absolute Gasteiger partial charge is 0.231 e. The van der Waals surface area contributed by atoms with E-state index in [0.29, 0.717) is 16.5 Å². The van der Waals surface area contributed by atoms with E-state index in [0.717, 1.165) is 29.0 Å². The van der Waals surface area contributed by atoms with Crippen LogP contribution in [0.4, 0.5) is 0 Å². The molecule has 3 aliphatic rings. The van der Waals surface area contributed by atoms with Crippen LogP contribution in [-0.2, 0) is 0 Å². The third kappa shape index (κ3) is 2.41. The lowest BCUT2D eigenvalue weighted by molar-refractivity contribution is -0.0190. The molecule has 0 unspecified atom stereocenters. The largest absolute Gasteiger partial charge is 0.464 e. The van der Waals surface area contributed by atoms with Gasteiger partial charge in [-0.25, -0.2) is 5.01 Å². The lowest BCUT2D eigenvalue weighted by Gasteiger charge is -2.38. The van der Waals surface area contributed by atoms with Crippen molar-refractivity contribution in [3.63, 3.8) is 0 Å². The fraction of sp³-hybridized carbons (Fsp3) is 0.190. The van der Waals surface area contributed by atoms with E-state index in [2.05, 4.69) is 23.6 Å². The van der Waals surface area contributed by atoms with Crippen LogP contribution < -0.4 is 14.2 Å². The Morgan fingerprint density at radius 3 is 2.71 bits per heavy atom. The first-order valence-corrected chi connectivity index (χ1v) is 10.3. The number of thiophene rings is 1. The molecule has 1 aromatic heterocycles. The summed E-state index contributed by atoms with van der Waals surface area (Å²) in [6, 6.07) is 16.1. The molecule has 0 saturated carbocycles. The minimum atomic E-state index is -0.431. The number of hydrogen-bond donors (Lipinski definition) is 0. The number of hydrazone groups is 1. The van der Waals surface area contributed by atoms with E-state index in [1.54, 1.807) is 17.4 Å². The van der Waals surface area contributed by atoms with Gasteiger partial charge in [-0.2, -0.15) is 5.10 Å². The van der Waals surface area contributed by atoms with Crippen molar-refractivity contribution in [2.24, 2.45) is 5.10 Å². The van der Waals surface area contributed by atoms with E-state index in [1.165, 1.54) is 4.88 Å². The molecule has 7 heteroatoms. The van der Waals surface area contributed by atoms with Gasteiger partial charge in [0.1, 0.15) is 5.75 Å². The first-order chi connectivity index (χ1) is 13.8. The van der Waals surface area contributed by atoms with Crippen molar-refractivity contribution >= 4 is 28.6 Å². The van der Waals surface area contributed by atoms with Gasteiger partial charge in [-0.1, -0.05) is 35.9 Å². The van der Waals surface area contributed by atoms with Gasteiger partial charge in [-0.3, -0.25) is 0 Å². The number of benzene rings is 2. The lowest BCUT2D eigenvalue weighted by Crippen LogP contribution is -2.33. The summed E-state index contributed by atoms with van der Waals surface area (Å²) in [6.45, 7) is 0.205. The fourth-order valence-electron chi connectivity index (χ4n) is 3.95. The average molecular weight is 411 g/mol. The van der Waals surface area contributed by atoms with Crippen LogP contribution in [0.25, 0.3) is 0 Å². The van der Waals surface area contributed by atoms with Crippen molar-refractivity contribution in [3.05, 3.63) is 74.9 Å². The van der Waals surface area contributed by atoms with E-state index < -0.39 is 6.23 Å². The van der Waals surface area contributed by atoms with Gasteiger partial charge in [0.05, 0.1) is 21.7 Å². The molecule has 0 bridgehead atoms. The van der Waals surface area contributed by atoms with Crippen molar-refractivity contribution in [1.82, 2.24) is 5.01 Å². The van der Waals surface area contributed by atoms with Gasteiger partial charge < -0.3 is 14.2 Å². The summed E-state index contributed by atoms with van der Waals surface area (Å²) in [6.07, 6.45) is 0.402. The second-order valence-corrected chi connectivity index (χ2v) is 8.21. The maximum Gasteiger partial charge on any atom is 0.231 e. The second kappa shape index (κ2) is 6.15. The number of fused-ring (bicyclic) bond motifs is 4. The van der Waals surface area contributed by atoms with E-state index in [1.807, 2.05) is 29.3 Å². The number of para-hydroxylation sites is 1. The van der Waals surface area contributed by atoms with Crippen LogP contribution in [0.5, 0.6) is 17.2 Å². The summed E-state index contributed by atoms with van der Waals surface area (Å²) in [5, 5.41) is 9.63. The Kier molecular flexibility index (Phi) is 3.58. The van der Waals surface area contributed by atoms with Crippen molar-refractivity contribution in [1.29, 1.82) is 0 Å². The summed E-state index contributed by atoms with van der Waals surface area (Å²) >= 11 is 8.31. The molecular formula is C21H15ClN2O3S. The van der Waals surface area contributed by atoms with Gasteiger partial charge in [0, 0.05) is 23.6 Å². The van der Waals surface area contributed by atoms with Crippen LogP contribution >= 0.6 is 22.9 Å². The Labute approximate surface area is 170 Å². The van der Waals surface area contributed by atoms with Gasteiger partial charge in [0.15, 0.2) is 11.5 Å². The normalized spacial score (nSPS) is 21.8. The summed E-state index contributed by atoms with van der Waals surface area (Å²) in [5.74, 6) is 2.20. The molecule has 140 valence electrons. The zero-order valence-electron chi connectivity index (χ0n) is 14.7. The molecule has 6 rings (SSSR count). The number of halogens is 1. The first-order valence-electron chi connectivity index (χ1n) is 9.02. The van der Waals surface area contributed by atoms with Crippen LogP contribution in [0.15, 0.2) is 59.0 Å². The van der Waals surface area contributed by atoms with E-state index >= 15 is 0 Å². The molecule has 5 nitrogen and oxygen atoms in total. The molecule has 4 heterocycles. The van der Waals surface area contributed by atoms with Crippen LogP contribution in [0.2, 0.25) is 5.02 Å². The third-order valence-corrected chi connectivity index (χ3v) is 6.51. The average Bonchev–Trinajstić information content (AvgIpc) is 3.45. The van der Waals surface area contributed by atoms with Crippen LogP contribution in [0.3, 0.4) is 0 Å². The van der Waals surface area contributed by atoms with Crippen molar-refractivity contribution < 1.29 is 14.2 Å². The number of rotatable bonds is 2. The highest BCUT2D eigenvalue weighted by Gasteiger charge is 2.42. The Balaban J connectivity index is 1.48. The molecule has 0 amide bonds. The molecule has 3 aromatic rings. The summed E-state index contributed by atoms with van der Waals surface area (Å²) in [7, 11) is 0. The Hall–Kier alpha value is -2.70. The van der Waals surface area contributed by atoms with Crippen LogP contribution in [-0.4, -0.2) is 17.5 Å². The number of nitrogens with zero attached hydrogens (tertiary/aromatic N) is 2. The van der Waals surface area contributed by atoms with Gasteiger partial charge in [0.2, 0.25) is 13.0 Å². The molecule has 2 atom stereocenters. The molecule has 28 heavy (non-hydrogen) atoms. The SMILES string of the molecule is Clc1cc2c(cc1[C@@H]1Oc3ccccc3[C@@H]3CC(c4cccs4)=NN31)OCO2. The van der Waals surface area contributed by atoms with Crippen LogP contribution in [0, 0.1) is 0 Å². The molecule has 3 aliphatic heterocycles. The van der Waals surface area contributed by atoms with Gasteiger partial charge in [-0.15, -0.1) is 11.3 Å². The standard InChI is InChI=1S/C21H15ClN2O3S/c22-14-9-19-18(25-11-26-19)8-13(14)21-24-16(12-4-1-2-5-17(12)27-21)10-15(23-24)20-6-3-7-28-20/h1-9,16,21H,10-11H2/t16-,21-/m0/s1. The Morgan fingerprint density at radius 2 is 1.86 bits per heavy atom. The summed E-state index contributed by atoms with van der Waals surface area (Å²) in [4.78, 5) is 1.18. The Morgan fingerprint density at radius 1 is 1.00 bits per heavy atom. The number of hydrogen-bond acceptors (Lipinski definition) is 6. The van der Waals surface area contributed by atoms with E-state index in [-0.39, 0.29) is 12.8 Å². The lowest BCUT2D eigenvalue weighted by atomic mass is 9.97. The molecule has 0 fully saturated rings. The molecule has 0 radical (unpaired) electrons. The molecule has 0 N–H and O–H groups in total. The Bertz CT molecular complexity index is 1100. The maximum atomic E-state index is 6.61. The van der Waals surface area contributed by atoms with E-state index in [9.17, 15) is 0 Å². The molecule has 0 spiro atoms. The summed E-state index contributed by atoms with van der Waals surface area (Å²) < 4.78 is 17.4. The zero-order chi connectivity index (χ0) is 18.7. The van der Waals surface area contributed by atoms with Crippen molar-refractivity contribution in [3.8, 4) is 17.2 Å². The quantitative estimate of drug-likeness (QED) is 0.569. The predicted octanol–water partition coefficient (Wildman–Crippen LogP) is 5.37. The van der Waals surface area contributed by atoms with Gasteiger partial charge in [0.25, 0.3) is 0 Å². The van der Waals surface area contributed by atoms with Gasteiger partial charge in [-0.05, 0) is 23.6 Å². The monoisotopic (exact) mass is 410 g/mol. The highest BCUT2D eigenvalue weighted by Crippen LogP contribution is 2.50. The van der Waals surface area contributed by atoms with Crippen molar-refractivity contribution in [2.45, 2.75) is 18.7 Å². The molecule has 0 aliphatic carbocycles. The molecule has 0 saturated heterocycles. The topological polar surface area (TPSA) is 43.3 Å². The minimum absolute atomic E-state index is 0.105. The van der Waals surface area contributed by atoms with Crippen LogP contribution in [0.1, 0.15) is 34.7 Å². The predicted molar refractivity (Wildman–Crippen MR) is 107 cm³/mol. The minimum Gasteiger partial charge on any atom is -0.464 e. The summed E-state index contributed by atoms with van der Waals surface area (Å²) in [5.41, 5.74) is 3.04. The fourth-order valence-corrected chi connectivity index (χ4v) is 4.92. The van der Waals surface area contributed by atoms with Gasteiger partial charge >= 0.3 is 0 Å². The first kappa shape index (κ1) is 16.3. The molecular weight excluding hydrogens is 396 g/mol. The zero-order valence-corrected chi connectivity index (χ0v) is 16.2. The number of ether oxygens (including phenoxy) is 3. The highest BCUT2D eigenvalue weighted by molar-refractivity contribution is 7.12. The van der Waals surface area contributed by atoms with Crippen molar-refractivity contribution in [2.75, 3.05) is 6.79 Å². The molecule has 2 aromatic carbocycles. The maximum absolute atomic E-state index is 6.61. The second-order valence-electron chi connectivity index (χ2n) is 6.86. The van der Waals surface area contributed by atoms with E-state index in [4.69, 9.17) is 30.9 Å². The highest BCUT2D eigenvalue weighted by atomic mass is 35.5. The third-order valence-electron chi connectivity index (χ3n) is 5.26.